The highest BCUT2D eigenvalue weighted by atomic mass is 19.4. The van der Waals surface area contributed by atoms with Gasteiger partial charge in [0.25, 0.3) is 5.91 Å². The van der Waals surface area contributed by atoms with Gasteiger partial charge in [0.05, 0.1) is 5.92 Å². The second-order valence-electron chi connectivity index (χ2n) is 8.53. The van der Waals surface area contributed by atoms with Gasteiger partial charge in [-0.25, -0.2) is 0 Å². The minimum absolute atomic E-state index is 0.00224. The van der Waals surface area contributed by atoms with Gasteiger partial charge in [-0.15, -0.1) is 0 Å². The fraction of sp³-hybridized carbons (Fsp3) is 0.375. The lowest BCUT2D eigenvalue weighted by atomic mass is 10.1. The Bertz CT molecular complexity index is 1110. The minimum atomic E-state index is -4.52. The van der Waals surface area contributed by atoms with Crippen LogP contribution in [-0.4, -0.2) is 37.0 Å². The van der Waals surface area contributed by atoms with Crippen LogP contribution in [0.1, 0.15) is 39.9 Å². The van der Waals surface area contributed by atoms with E-state index in [2.05, 4.69) is 5.32 Å². The summed E-state index contributed by atoms with van der Waals surface area (Å²) in [6.45, 7) is 0.516. The standard InChI is InChI=1S/C24H24F3N3O3/c1-14-5-6-17(22(32)28-13-24(25,26)27)10-20(14)29-23(33)18-11-21(31)30(12-18)19-8-7-15-3-2-4-16(15)9-19/h5-10,18H,2-4,11-13H2,1H3,(H,28,32)(H,29,33). The number of hydrogen-bond acceptors (Lipinski definition) is 3. The number of anilines is 2. The largest absolute Gasteiger partial charge is 0.405 e. The Balaban J connectivity index is 1.43. The molecule has 6 nitrogen and oxygen atoms in total. The molecule has 0 saturated carbocycles. The van der Waals surface area contributed by atoms with Crippen LogP contribution in [0.15, 0.2) is 36.4 Å². The minimum Gasteiger partial charge on any atom is -0.343 e. The molecule has 0 radical (unpaired) electrons. The molecule has 1 unspecified atom stereocenters. The van der Waals surface area contributed by atoms with Gasteiger partial charge in [-0.05, 0) is 67.1 Å². The molecule has 1 saturated heterocycles. The van der Waals surface area contributed by atoms with Crippen LogP contribution < -0.4 is 15.5 Å². The molecule has 2 aliphatic rings. The summed E-state index contributed by atoms with van der Waals surface area (Å²) in [5.41, 5.74) is 4.30. The van der Waals surface area contributed by atoms with Gasteiger partial charge < -0.3 is 15.5 Å². The molecule has 1 atom stereocenters. The third-order valence-electron chi connectivity index (χ3n) is 6.10. The predicted octanol–water partition coefficient (Wildman–Crippen LogP) is 3.77. The zero-order valence-electron chi connectivity index (χ0n) is 18.1. The molecule has 174 valence electrons. The fourth-order valence-corrected chi connectivity index (χ4v) is 4.27. The van der Waals surface area contributed by atoms with Gasteiger partial charge in [-0.1, -0.05) is 12.1 Å². The lowest BCUT2D eigenvalue weighted by molar-refractivity contribution is -0.123. The number of rotatable bonds is 5. The molecule has 4 rings (SSSR count). The molecule has 0 bridgehead atoms. The van der Waals surface area contributed by atoms with E-state index in [0.717, 1.165) is 24.9 Å². The zero-order valence-corrected chi connectivity index (χ0v) is 18.1. The summed E-state index contributed by atoms with van der Waals surface area (Å²) in [6, 6.07) is 10.3. The summed E-state index contributed by atoms with van der Waals surface area (Å²) >= 11 is 0. The lowest BCUT2D eigenvalue weighted by Gasteiger charge is -2.18. The summed E-state index contributed by atoms with van der Waals surface area (Å²) in [5, 5.41) is 4.55. The van der Waals surface area contributed by atoms with Crippen LogP contribution in [0.5, 0.6) is 0 Å². The maximum atomic E-state index is 12.9. The van der Waals surface area contributed by atoms with Crippen LogP contribution in [0.2, 0.25) is 0 Å². The predicted molar refractivity (Wildman–Crippen MR) is 117 cm³/mol. The zero-order chi connectivity index (χ0) is 23.8. The van der Waals surface area contributed by atoms with E-state index in [4.69, 9.17) is 0 Å². The summed E-state index contributed by atoms with van der Waals surface area (Å²) in [4.78, 5) is 39.1. The highest BCUT2D eigenvalue weighted by Crippen LogP contribution is 2.31. The molecule has 2 N–H and O–H groups in total. The van der Waals surface area contributed by atoms with E-state index >= 15 is 0 Å². The number of hydrogen-bond donors (Lipinski definition) is 2. The first-order valence-electron chi connectivity index (χ1n) is 10.8. The normalized spacial score (nSPS) is 17.8. The van der Waals surface area contributed by atoms with E-state index in [0.29, 0.717) is 11.3 Å². The van der Waals surface area contributed by atoms with Crippen molar-refractivity contribution >= 4 is 29.1 Å². The van der Waals surface area contributed by atoms with Gasteiger partial charge >= 0.3 is 6.18 Å². The number of fused-ring (bicyclic) bond motifs is 1. The quantitative estimate of drug-likeness (QED) is 0.715. The van der Waals surface area contributed by atoms with E-state index in [9.17, 15) is 27.6 Å². The first kappa shape index (κ1) is 22.8. The van der Waals surface area contributed by atoms with Crippen LogP contribution in [0, 0.1) is 12.8 Å². The number of carbonyl (C=O) groups excluding carboxylic acids is 3. The van der Waals surface area contributed by atoms with E-state index in [1.165, 1.54) is 23.3 Å². The number of benzene rings is 2. The summed E-state index contributed by atoms with van der Waals surface area (Å²) in [7, 11) is 0. The highest BCUT2D eigenvalue weighted by Gasteiger charge is 2.35. The van der Waals surface area contributed by atoms with Gasteiger partial charge in [0.2, 0.25) is 11.8 Å². The Morgan fingerprint density at radius 1 is 1.09 bits per heavy atom. The van der Waals surface area contributed by atoms with Gasteiger partial charge in [-0.3, -0.25) is 14.4 Å². The second kappa shape index (κ2) is 8.88. The van der Waals surface area contributed by atoms with Crippen LogP contribution in [-0.2, 0) is 22.4 Å². The number of amides is 3. The van der Waals surface area contributed by atoms with Gasteiger partial charge in [0.1, 0.15) is 6.54 Å². The third-order valence-corrected chi connectivity index (χ3v) is 6.10. The SMILES string of the molecule is Cc1ccc(C(=O)NCC(F)(F)F)cc1NC(=O)C1CC(=O)N(c2ccc3c(c2)CCC3)C1. The summed E-state index contributed by atoms with van der Waals surface area (Å²) < 4.78 is 37.1. The molecule has 1 aliphatic heterocycles. The van der Waals surface area contributed by atoms with Crippen LogP contribution in [0.3, 0.4) is 0 Å². The van der Waals surface area contributed by atoms with Crippen LogP contribution >= 0.6 is 0 Å². The molecule has 1 aliphatic carbocycles. The Labute approximate surface area is 189 Å². The van der Waals surface area contributed by atoms with E-state index in [1.807, 2.05) is 23.5 Å². The molecule has 9 heteroatoms. The van der Waals surface area contributed by atoms with Crippen LogP contribution in [0.25, 0.3) is 0 Å². The third kappa shape index (κ3) is 5.18. The molecule has 1 heterocycles. The smallest absolute Gasteiger partial charge is 0.343 e. The molecule has 1 fully saturated rings. The average molecular weight is 459 g/mol. The highest BCUT2D eigenvalue weighted by molar-refractivity contribution is 6.04. The molecular weight excluding hydrogens is 435 g/mol. The van der Waals surface area contributed by atoms with Gasteiger partial charge in [0, 0.05) is 29.9 Å². The van der Waals surface area contributed by atoms with Crippen molar-refractivity contribution in [3.8, 4) is 0 Å². The number of nitrogens with one attached hydrogen (secondary N) is 2. The Morgan fingerprint density at radius 3 is 2.61 bits per heavy atom. The summed E-state index contributed by atoms with van der Waals surface area (Å²) in [6.07, 6.45) is -1.32. The van der Waals surface area contributed by atoms with Gasteiger partial charge in [0.15, 0.2) is 0 Å². The molecule has 3 amide bonds. The van der Waals surface area contributed by atoms with Crippen molar-refractivity contribution < 1.29 is 27.6 Å². The molecule has 0 spiro atoms. The average Bonchev–Trinajstić information content (AvgIpc) is 3.38. The molecule has 33 heavy (non-hydrogen) atoms. The van der Waals surface area contributed by atoms with Crippen molar-refractivity contribution in [2.24, 2.45) is 5.92 Å². The number of nitrogens with zero attached hydrogens (tertiary/aromatic N) is 1. The van der Waals surface area contributed by atoms with Gasteiger partial charge in [-0.2, -0.15) is 13.2 Å². The number of carbonyl (C=O) groups is 3. The van der Waals surface area contributed by atoms with Crippen LogP contribution in [0.4, 0.5) is 24.5 Å². The monoisotopic (exact) mass is 459 g/mol. The first-order chi connectivity index (χ1) is 15.6. The fourth-order valence-electron chi connectivity index (χ4n) is 4.27. The van der Waals surface area contributed by atoms with Crippen molar-refractivity contribution in [1.82, 2.24) is 5.32 Å². The van der Waals surface area contributed by atoms with Crippen molar-refractivity contribution in [2.75, 3.05) is 23.3 Å². The van der Waals surface area contributed by atoms with E-state index < -0.39 is 24.5 Å². The number of halogens is 3. The van der Waals surface area contributed by atoms with Crippen molar-refractivity contribution in [2.45, 2.75) is 38.8 Å². The second-order valence-corrected chi connectivity index (χ2v) is 8.53. The first-order valence-corrected chi connectivity index (χ1v) is 10.8. The number of alkyl halides is 3. The molecule has 2 aromatic carbocycles. The molecule has 0 aromatic heterocycles. The summed E-state index contributed by atoms with van der Waals surface area (Å²) in [5.74, 6) is -1.97. The maximum absolute atomic E-state index is 12.9. The van der Waals surface area contributed by atoms with Crippen molar-refractivity contribution in [3.63, 3.8) is 0 Å². The Morgan fingerprint density at radius 2 is 1.85 bits per heavy atom. The van der Waals surface area contributed by atoms with E-state index in [-0.39, 0.29) is 30.3 Å². The topological polar surface area (TPSA) is 78.5 Å². The van der Waals surface area contributed by atoms with Crippen molar-refractivity contribution in [1.29, 1.82) is 0 Å². The number of aryl methyl sites for hydroxylation is 3. The van der Waals surface area contributed by atoms with Crippen molar-refractivity contribution in [3.05, 3.63) is 58.7 Å². The Hall–Kier alpha value is -3.36. The lowest BCUT2D eigenvalue weighted by Crippen LogP contribution is -2.33. The molecular formula is C24H24F3N3O3. The molecule has 2 aromatic rings. The Kier molecular flexibility index (Phi) is 6.14. The van der Waals surface area contributed by atoms with E-state index in [1.54, 1.807) is 17.9 Å². The maximum Gasteiger partial charge on any atom is 0.405 e.